The minimum absolute atomic E-state index is 0.00120. The Hall–Kier alpha value is -5.24. The van der Waals surface area contributed by atoms with Crippen LogP contribution in [-0.2, 0) is 6.18 Å². The van der Waals surface area contributed by atoms with Crippen LogP contribution in [0.5, 0.6) is 5.75 Å². The first-order valence-corrected chi connectivity index (χ1v) is 14.0. The molecule has 1 aliphatic heterocycles. The molecule has 0 unspecified atom stereocenters. The smallest absolute Gasteiger partial charge is 0.433 e. The van der Waals surface area contributed by atoms with Crippen molar-refractivity contribution in [2.75, 3.05) is 33.3 Å². The van der Waals surface area contributed by atoms with Crippen LogP contribution >= 0.6 is 0 Å². The van der Waals surface area contributed by atoms with Crippen molar-refractivity contribution < 1.29 is 31.9 Å². The average Bonchev–Trinajstić information content (AvgIpc) is 3.75. The number of carbonyl (C=O) groups excluding carboxylic acids is 2. The second kappa shape index (κ2) is 11.7. The van der Waals surface area contributed by atoms with E-state index in [1.807, 2.05) is 22.9 Å². The van der Waals surface area contributed by atoms with Crippen LogP contribution in [0.4, 0.5) is 13.2 Å². The van der Waals surface area contributed by atoms with E-state index in [-0.39, 0.29) is 47.6 Å². The fourth-order valence-corrected chi connectivity index (χ4v) is 5.24. The van der Waals surface area contributed by atoms with Crippen molar-refractivity contribution in [3.05, 3.63) is 90.0 Å². The molecule has 2 aromatic carbocycles. The van der Waals surface area contributed by atoms with Crippen molar-refractivity contribution in [3.63, 3.8) is 0 Å². The molecule has 1 fully saturated rings. The summed E-state index contributed by atoms with van der Waals surface area (Å²) in [6.45, 7) is 2.77. The molecular formula is C31H28F3N7O4. The molecule has 14 heteroatoms. The van der Waals surface area contributed by atoms with Crippen LogP contribution in [-0.4, -0.2) is 74.4 Å². The van der Waals surface area contributed by atoms with E-state index in [9.17, 15) is 22.8 Å². The highest BCUT2D eigenvalue weighted by molar-refractivity contribution is 5.98. The third kappa shape index (κ3) is 5.71. The van der Waals surface area contributed by atoms with Gasteiger partial charge in [0.25, 0.3) is 11.8 Å². The summed E-state index contributed by atoms with van der Waals surface area (Å²) in [6.07, 6.45) is 0.502. The Kier molecular flexibility index (Phi) is 7.74. The van der Waals surface area contributed by atoms with E-state index in [4.69, 9.17) is 14.9 Å². The highest BCUT2D eigenvalue weighted by atomic mass is 19.4. The predicted octanol–water partition coefficient (Wildman–Crippen LogP) is 4.72. The van der Waals surface area contributed by atoms with Gasteiger partial charge in [0.05, 0.1) is 19.5 Å². The van der Waals surface area contributed by atoms with Gasteiger partial charge in [0.2, 0.25) is 5.89 Å². The SMILES string of the molecule is COc1ccc(-c2nc(C(=O)N3CCN(C(=O)c4ccc(-n5ccnc5)cc4)CC3)c([C@H](C)N)o2)c2ccc(C(F)(F)F)nc12. The van der Waals surface area contributed by atoms with Gasteiger partial charge in [-0.25, -0.2) is 15.0 Å². The molecule has 0 saturated carbocycles. The molecule has 1 atom stereocenters. The van der Waals surface area contributed by atoms with Gasteiger partial charge in [0, 0.05) is 60.8 Å². The van der Waals surface area contributed by atoms with Gasteiger partial charge >= 0.3 is 6.18 Å². The fourth-order valence-electron chi connectivity index (χ4n) is 5.24. The van der Waals surface area contributed by atoms with Crippen molar-refractivity contribution in [2.45, 2.75) is 19.1 Å². The number of hydrogen-bond donors (Lipinski definition) is 1. The van der Waals surface area contributed by atoms with Crippen molar-refractivity contribution in [1.29, 1.82) is 0 Å². The minimum Gasteiger partial charge on any atom is -0.494 e. The molecule has 1 aliphatic rings. The van der Waals surface area contributed by atoms with Gasteiger partial charge in [-0.3, -0.25) is 9.59 Å². The number of carbonyl (C=O) groups is 2. The highest BCUT2D eigenvalue weighted by Gasteiger charge is 2.34. The molecule has 3 aromatic heterocycles. The lowest BCUT2D eigenvalue weighted by Crippen LogP contribution is -2.50. The number of oxazole rings is 1. The molecule has 232 valence electrons. The Bertz CT molecular complexity index is 1860. The summed E-state index contributed by atoms with van der Waals surface area (Å²) in [5, 5.41) is 0.295. The van der Waals surface area contributed by atoms with Gasteiger partial charge in [-0.2, -0.15) is 13.2 Å². The summed E-state index contributed by atoms with van der Waals surface area (Å²) in [7, 11) is 1.33. The van der Waals surface area contributed by atoms with Crippen molar-refractivity contribution in [1.82, 2.24) is 29.3 Å². The van der Waals surface area contributed by atoms with E-state index in [0.29, 0.717) is 29.6 Å². The normalized spacial score (nSPS) is 14.5. The van der Waals surface area contributed by atoms with Gasteiger partial charge in [-0.15, -0.1) is 0 Å². The Morgan fingerprint density at radius 1 is 0.956 bits per heavy atom. The molecule has 0 spiro atoms. The monoisotopic (exact) mass is 619 g/mol. The number of nitrogens with zero attached hydrogens (tertiary/aromatic N) is 6. The largest absolute Gasteiger partial charge is 0.494 e. The Balaban J connectivity index is 1.22. The van der Waals surface area contributed by atoms with Crippen molar-refractivity contribution >= 4 is 22.7 Å². The summed E-state index contributed by atoms with van der Waals surface area (Å²) in [6, 6.07) is 11.6. The van der Waals surface area contributed by atoms with Gasteiger partial charge in [-0.05, 0) is 55.5 Å². The molecule has 0 bridgehead atoms. The number of alkyl halides is 3. The number of benzene rings is 2. The zero-order valence-corrected chi connectivity index (χ0v) is 24.3. The zero-order valence-electron chi connectivity index (χ0n) is 24.3. The molecule has 6 rings (SSSR count). The molecule has 0 radical (unpaired) electrons. The van der Waals surface area contributed by atoms with E-state index in [2.05, 4.69) is 15.0 Å². The van der Waals surface area contributed by atoms with E-state index in [1.54, 1.807) is 47.4 Å². The average molecular weight is 620 g/mol. The minimum atomic E-state index is -4.65. The predicted molar refractivity (Wildman–Crippen MR) is 157 cm³/mol. The molecule has 0 aliphatic carbocycles. The van der Waals surface area contributed by atoms with Gasteiger partial charge in [0.15, 0.2) is 11.5 Å². The van der Waals surface area contributed by atoms with Gasteiger partial charge < -0.3 is 29.3 Å². The van der Waals surface area contributed by atoms with E-state index in [0.717, 1.165) is 11.8 Å². The first-order valence-electron chi connectivity index (χ1n) is 14.0. The van der Waals surface area contributed by atoms with Crippen LogP contribution in [0.15, 0.2) is 71.7 Å². The third-order valence-corrected chi connectivity index (χ3v) is 7.60. The second-order valence-corrected chi connectivity index (χ2v) is 10.5. The maximum Gasteiger partial charge on any atom is 0.433 e. The topological polar surface area (TPSA) is 133 Å². The van der Waals surface area contributed by atoms with Crippen LogP contribution in [0.3, 0.4) is 0 Å². The standard InChI is InChI=1S/C31H28F3N7O4/c1-18(35)27-26(38-28(45-27)22-7-9-23(44-2)25-21(22)8-10-24(37-25)31(32,33)34)30(43)40-15-13-39(14-16-40)29(42)19-3-5-20(6-4-19)41-12-11-36-17-41/h3-12,17-18H,13-16,35H2,1-2H3/t18-/m0/s1. The number of rotatable bonds is 6. The van der Waals surface area contributed by atoms with Crippen LogP contribution in [0.2, 0.25) is 0 Å². The fraction of sp³-hybridized carbons (Fsp3) is 0.258. The summed E-state index contributed by atoms with van der Waals surface area (Å²) < 4.78 is 53.2. The lowest BCUT2D eigenvalue weighted by molar-refractivity contribution is -0.140. The number of methoxy groups -OCH3 is 1. The molecule has 5 aromatic rings. The number of piperazine rings is 1. The van der Waals surface area contributed by atoms with Crippen LogP contribution < -0.4 is 10.5 Å². The Morgan fingerprint density at radius 3 is 2.24 bits per heavy atom. The Morgan fingerprint density at radius 2 is 1.64 bits per heavy atom. The summed E-state index contributed by atoms with van der Waals surface area (Å²) in [5.74, 6) is -0.294. The maximum absolute atomic E-state index is 13.7. The van der Waals surface area contributed by atoms with Crippen LogP contribution in [0.25, 0.3) is 28.0 Å². The van der Waals surface area contributed by atoms with E-state index in [1.165, 1.54) is 19.2 Å². The summed E-state index contributed by atoms with van der Waals surface area (Å²) in [4.78, 5) is 42.4. The van der Waals surface area contributed by atoms with Gasteiger partial charge in [-0.1, -0.05) is 0 Å². The number of aromatic nitrogens is 4. The number of halogens is 3. The molecule has 11 nitrogen and oxygen atoms in total. The number of amides is 2. The number of imidazole rings is 1. The summed E-state index contributed by atoms with van der Waals surface area (Å²) >= 11 is 0. The van der Waals surface area contributed by atoms with Crippen LogP contribution in [0.1, 0.15) is 45.3 Å². The zero-order chi connectivity index (χ0) is 31.9. The third-order valence-electron chi connectivity index (χ3n) is 7.60. The maximum atomic E-state index is 13.7. The summed E-state index contributed by atoms with van der Waals surface area (Å²) in [5.41, 5.74) is 6.77. The molecule has 45 heavy (non-hydrogen) atoms. The first-order chi connectivity index (χ1) is 21.5. The molecule has 4 heterocycles. The molecule has 2 N–H and O–H groups in total. The lowest BCUT2D eigenvalue weighted by atomic mass is 10.1. The second-order valence-electron chi connectivity index (χ2n) is 10.5. The van der Waals surface area contributed by atoms with E-state index < -0.39 is 23.8 Å². The van der Waals surface area contributed by atoms with E-state index >= 15 is 0 Å². The first kappa shape index (κ1) is 29.8. The number of fused-ring (bicyclic) bond motifs is 1. The number of nitrogens with two attached hydrogens (primary N) is 1. The number of hydrogen-bond acceptors (Lipinski definition) is 8. The quantitative estimate of drug-likeness (QED) is 0.289. The number of pyridine rings is 1. The molecule has 2 amide bonds. The van der Waals surface area contributed by atoms with Crippen LogP contribution in [0, 0.1) is 0 Å². The van der Waals surface area contributed by atoms with Crippen molar-refractivity contribution in [2.24, 2.45) is 5.73 Å². The van der Waals surface area contributed by atoms with Gasteiger partial charge in [0.1, 0.15) is 17.0 Å². The van der Waals surface area contributed by atoms with Crippen molar-refractivity contribution in [3.8, 4) is 22.9 Å². The molecule has 1 saturated heterocycles. The lowest BCUT2D eigenvalue weighted by Gasteiger charge is -2.34. The highest BCUT2D eigenvalue weighted by Crippen LogP contribution is 2.37. The Labute approximate surface area is 255 Å². The molecular weight excluding hydrogens is 591 g/mol. The number of ether oxygens (including phenoxy) is 1.